The molecule has 1 unspecified atom stereocenters. The molecule has 1 aromatic rings. The molecule has 1 rings (SSSR count). The van der Waals surface area contributed by atoms with Crippen molar-refractivity contribution in [2.24, 2.45) is 5.92 Å². The molecule has 118 valence electrons. The summed E-state index contributed by atoms with van der Waals surface area (Å²) in [6, 6.07) is 1.51. The maximum Gasteiger partial charge on any atom is 0.341 e. The second-order valence-corrected chi connectivity index (χ2v) is 7.63. The van der Waals surface area contributed by atoms with Crippen LogP contribution in [0.15, 0.2) is 17.0 Å². The summed E-state index contributed by atoms with van der Waals surface area (Å²) in [5, 5.41) is -0.390. The number of rotatable bonds is 6. The molecule has 0 aliphatic heterocycles. The van der Waals surface area contributed by atoms with E-state index in [2.05, 4.69) is 0 Å². The van der Waals surface area contributed by atoms with E-state index in [-0.39, 0.29) is 12.5 Å². The second kappa shape index (κ2) is 7.42. The Kier molecular flexibility index (Phi) is 6.43. The number of carbonyl (C=O) groups is 1. The lowest BCUT2D eigenvalue weighted by atomic mass is 10.1. The van der Waals surface area contributed by atoms with Crippen molar-refractivity contribution in [1.29, 1.82) is 0 Å². The van der Waals surface area contributed by atoms with Crippen molar-refractivity contribution in [3.8, 4) is 0 Å². The molecule has 1 atom stereocenters. The average Bonchev–Trinajstić information content (AvgIpc) is 2.34. The van der Waals surface area contributed by atoms with Gasteiger partial charge in [0, 0.05) is 10.7 Å². The molecule has 4 nitrogen and oxygen atoms in total. The van der Waals surface area contributed by atoms with Crippen molar-refractivity contribution in [3.63, 3.8) is 0 Å². The summed E-state index contributed by atoms with van der Waals surface area (Å²) in [6.45, 7) is 4.01. The fourth-order valence-electron chi connectivity index (χ4n) is 1.74. The fraction of sp³-hybridized carbons (Fsp3) is 0.462. The molecule has 0 saturated carbocycles. The summed E-state index contributed by atoms with van der Waals surface area (Å²) >= 11 is 5.60. The standard InChI is InChI=1S/C13H15Cl2FO4S/c1-3-4-8(2)7-20-13(17)9-5-12(21(15,18)19)10(14)6-11(9)16/h5-6,8H,3-4,7H2,1-2H3. The van der Waals surface area contributed by atoms with E-state index >= 15 is 0 Å². The Labute approximate surface area is 132 Å². The van der Waals surface area contributed by atoms with Gasteiger partial charge in [0.2, 0.25) is 0 Å². The molecular formula is C13H15Cl2FO4S. The van der Waals surface area contributed by atoms with Crippen molar-refractivity contribution >= 4 is 37.3 Å². The van der Waals surface area contributed by atoms with E-state index in [9.17, 15) is 17.6 Å². The molecule has 0 saturated heterocycles. The Hall–Kier alpha value is -0.850. The van der Waals surface area contributed by atoms with Gasteiger partial charge in [-0.05, 0) is 24.5 Å². The Morgan fingerprint density at radius 2 is 2.05 bits per heavy atom. The Bertz CT molecular complexity index is 631. The molecular weight excluding hydrogens is 342 g/mol. The Morgan fingerprint density at radius 1 is 1.43 bits per heavy atom. The van der Waals surface area contributed by atoms with Crippen LogP contribution in [0.1, 0.15) is 37.0 Å². The van der Waals surface area contributed by atoms with Crippen LogP contribution in [0.4, 0.5) is 4.39 Å². The van der Waals surface area contributed by atoms with E-state index in [1.54, 1.807) is 0 Å². The maximum atomic E-state index is 13.7. The van der Waals surface area contributed by atoms with Gasteiger partial charge in [-0.2, -0.15) is 0 Å². The number of benzene rings is 1. The fourth-order valence-corrected chi connectivity index (χ4v) is 3.25. The third-order valence-corrected chi connectivity index (χ3v) is 4.57. The zero-order valence-electron chi connectivity index (χ0n) is 11.5. The number of halogens is 3. The zero-order valence-corrected chi connectivity index (χ0v) is 13.9. The second-order valence-electron chi connectivity index (χ2n) is 4.69. The van der Waals surface area contributed by atoms with Gasteiger partial charge in [-0.25, -0.2) is 17.6 Å². The van der Waals surface area contributed by atoms with Crippen LogP contribution in [0.3, 0.4) is 0 Å². The van der Waals surface area contributed by atoms with Gasteiger partial charge in [0.1, 0.15) is 10.7 Å². The quantitative estimate of drug-likeness (QED) is 0.570. The van der Waals surface area contributed by atoms with Crippen molar-refractivity contribution in [1.82, 2.24) is 0 Å². The van der Waals surface area contributed by atoms with Crippen LogP contribution < -0.4 is 0 Å². The molecule has 0 amide bonds. The first-order chi connectivity index (χ1) is 9.66. The van der Waals surface area contributed by atoms with Crippen LogP contribution in [0, 0.1) is 11.7 Å². The first-order valence-corrected chi connectivity index (χ1v) is 8.96. The summed E-state index contributed by atoms with van der Waals surface area (Å²) in [5.41, 5.74) is -0.512. The largest absolute Gasteiger partial charge is 0.462 e. The minimum atomic E-state index is -4.18. The van der Waals surface area contributed by atoms with Crippen molar-refractivity contribution in [2.75, 3.05) is 6.61 Å². The molecule has 0 radical (unpaired) electrons. The first-order valence-electron chi connectivity index (χ1n) is 6.27. The van der Waals surface area contributed by atoms with E-state index < -0.39 is 36.3 Å². The van der Waals surface area contributed by atoms with E-state index in [0.29, 0.717) is 0 Å². The minimum absolute atomic E-state index is 0.123. The summed E-state index contributed by atoms with van der Waals surface area (Å²) in [5.74, 6) is -1.78. The Balaban J connectivity index is 3.00. The van der Waals surface area contributed by atoms with Gasteiger partial charge in [0.15, 0.2) is 0 Å². The number of esters is 1. The van der Waals surface area contributed by atoms with Crippen molar-refractivity contribution < 1.29 is 22.3 Å². The zero-order chi connectivity index (χ0) is 16.2. The van der Waals surface area contributed by atoms with Crippen LogP contribution in [-0.4, -0.2) is 21.0 Å². The molecule has 0 fully saturated rings. The molecule has 0 aromatic heterocycles. The highest BCUT2D eigenvalue weighted by Crippen LogP contribution is 2.28. The molecule has 0 aliphatic rings. The highest BCUT2D eigenvalue weighted by molar-refractivity contribution is 8.13. The molecule has 0 heterocycles. The van der Waals surface area contributed by atoms with Gasteiger partial charge >= 0.3 is 5.97 Å². The monoisotopic (exact) mass is 356 g/mol. The highest BCUT2D eigenvalue weighted by Gasteiger charge is 2.22. The van der Waals surface area contributed by atoms with Crippen LogP contribution >= 0.6 is 22.3 Å². The van der Waals surface area contributed by atoms with Gasteiger partial charge in [-0.3, -0.25) is 0 Å². The third kappa shape index (κ3) is 5.13. The number of hydrogen-bond acceptors (Lipinski definition) is 4. The third-order valence-electron chi connectivity index (χ3n) is 2.78. The molecule has 0 bridgehead atoms. The van der Waals surface area contributed by atoms with Gasteiger partial charge in [-0.15, -0.1) is 0 Å². The first kappa shape index (κ1) is 18.2. The summed E-state index contributed by atoms with van der Waals surface area (Å²) in [6.07, 6.45) is 1.79. The lowest BCUT2D eigenvalue weighted by Crippen LogP contribution is -2.14. The SMILES string of the molecule is CCCC(C)COC(=O)c1cc(S(=O)(=O)Cl)c(Cl)cc1F. The predicted molar refractivity (Wildman–Crippen MR) is 78.8 cm³/mol. The molecule has 1 aromatic carbocycles. The lowest BCUT2D eigenvalue weighted by molar-refractivity contribution is 0.0438. The maximum absolute atomic E-state index is 13.7. The van der Waals surface area contributed by atoms with Crippen LogP contribution in [0.25, 0.3) is 0 Å². The summed E-state index contributed by atoms with van der Waals surface area (Å²) in [4.78, 5) is 11.3. The van der Waals surface area contributed by atoms with Gasteiger partial charge in [0.25, 0.3) is 9.05 Å². The van der Waals surface area contributed by atoms with Gasteiger partial charge < -0.3 is 4.74 Å². The van der Waals surface area contributed by atoms with E-state index in [1.807, 2.05) is 13.8 Å². The minimum Gasteiger partial charge on any atom is -0.462 e. The molecule has 8 heteroatoms. The van der Waals surface area contributed by atoms with E-state index in [1.165, 1.54) is 0 Å². The molecule has 0 spiro atoms. The van der Waals surface area contributed by atoms with Crippen LogP contribution in [0.5, 0.6) is 0 Å². The van der Waals surface area contributed by atoms with Crippen LogP contribution in [0.2, 0.25) is 5.02 Å². The van der Waals surface area contributed by atoms with Gasteiger partial charge in [0.05, 0.1) is 17.2 Å². The number of carbonyl (C=O) groups excluding carboxylic acids is 1. The Morgan fingerprint density at radius 3 is 2.57 bits per heavy atom. The number of hydrogen-bond donors (Lipinski definition) is 0. The number of ether oxygens (including phenoxy) is 1. The topological polar surface area (TPSA) is 60.4 Å². The normalized spacial score (nSPS) is 13.0. The summed E-state index contributed by atoms with van der Waals surface area (Å²) in [7, 11) is 0.994. The lowest BCUT2D eigenvalue weighted by Gasteiger charge is -2.12. The molecule has 0 N–H and O–H groups in total. The smallest absolute Gasteiger partial charge is 0.341 e. The van der Waals surface area contributed by atoms with E-state index in [4.69, 9.17) is 27.0 Å². The predicted octanol–water partition coefficient (Wildman–Crippen LogP) is 4.00. The van der Waals surface area contributed by atoms with Crippen LogP contribution in [-0.2, 0) is 13.8 Å². The highest BCUT2D eigenvalue weighted by atomic mass is 35.7. The molecule has 0 aliphatic carbocycles. The average molecular weight is 357 g/mol. The van der Waals surface area contributed by atoms with Gasteiger partial charge in [-0.1, -0.05) is 31.9 Å². The van der Waals surface area contributed by atoms with E-state index in [0.717, 1.165) is 25.0 Å². The van der Waals surface area contributed by atoms with Crippen molar-refractivity contribution in [2.45, 2.75) is 31.6 Å². The molecule has 21 heavy (non-hydrogen) atoms. The summed E-state index contributed by atoms with van der Waals surface area (Å²) < 4.78 is 41.3. The van der Waals surface area contributed by atoms with Crippen molar-refractivity contribution in [3.05, 3.63) is 28.5 Å².